The van der Waals surface area contributed by atoms with Crippen molar-refractivity contribution in [3.8, 4) is 11.5 Å². The van der Waals surface area contributed by atoms with E-state index in [1.54, 1.807) is 31.2 Å². The molecular weight excluding hydrogens is 318 g/mol. The lowest BCUT2D eigenvalue weighted by Gasteiger charge is -2.36. The molecule has 0 aromatic heterocycles. The molecule has 2 rings (SSSR count). The third-order valence-electron chi connectivity index (χ3n) is 3.55. The number of hydrogen-bond acceptors (Lipinski definition) is 4. The number of allylic oxidation sites excluding steroid dienone is 1. The summed E-state index contributed by atoms with van der Waals surface area (Å²) in [6, 6.07) is 4.72. The first-order valence-corrected chi connectivity index (χ1v) is 7.60. The van der Waals surface area contributed by atoms with Gasteiger partial charge in [-0.3, -0.25) is 4.79 Å². The summed E-state index contributed by atoms with van der Waals surface area (Å²) in [6.45, 7) is 2.59. The summed E-state index contributed by atoms with van der Waals surface area (Å²) < 4.78 is 36.5. The number of carbonyl (C=O) groups excluding carboxylic acids is 1. The minimum absolute atomic E-state index is 0.0330. The van der Waals surface area contributed by atoms with E-state index in [1.807, 2.05) is 13.0 Å². The first kappa shape index (κ1) is 18.2. The van der Waals surface area contributed by atoms with Crippen molar-refractivity contribution in [2.45, 2.75) is 26.4 Å². The van der Waals surface area contributed by atoms with E-state index in [0.717, 1.165) is 0 Å². The van der Waals surface area contributed by atoms with Gasteiger partial charge in [0, 0.05) is 33.0 Å². The molecule has 5 nitrogen and oxygen atoms in total. The zero-order chi connectivity index (χ0) is 18.1. The summed E-state index contributed by atoms with van der Waals surface area (Å²) in [5.41, 5.74) is 1.11. The number of para-hydroxylation sites is 1. The Labute approximate surface area is 140 Å². The molecule has 0 saturated carbocycles. The Kier molecular flexibility index (Phi) is 5.13. The third-order valence-corrected chi connectivity index (χ3v) is 3.55. The number of benzene rings is 1. The Morgan fingerprint density at radius 3 is 2.54 bits per heavy atom. The molecular formula is C17H22F2N2O3. The van der Waals surface area contributed by atoms with E-state index < -0.39 is 6.11 Å². The van der Waals surface area contributed by atoms with Gasteiger partial charge in [0.15, 0.2) is 11.5 Å². The van der Waals surface area contributed by atoms with Crippen molar-refractivity contribution in [1.29, 1.82) is 0 Å². The second kappa shape index (κ2) is 6.76. The van der Waals surface area contributed by atoms with E-state index in [-0.39, 0.29) is 23.3 Å². The first-order chi connectivity index (χ1) is 11.1. The van der Waals surface area contributed by atoms with Gasteiger partial charge < -0.3 is 9.47 Å². The fraction of sp³-hybridized carbons (Fsp3) is 0.471. The minimum atomic E-state index is -3.34. The van der Waals surface area contributed by atoms with Gasteiger partial charge in [0.1, 0.15) is 0 Å². The van der Waals surface area contributed by atoms with E-state index in [1.165, 1.54) is 18.2 Å². The maximum absolute atomic E-state index is 13.3. The Balaban J connectivity index is 2.57. The fourth-order valence-corrected chi connectivity index (χ4v) is 2.74. The van der Waals surface area contributed by atoms with Crippen LogP contribution < -0.4 is 9.47 Å². The van der Waals surface area contributed by atoms with Gasteiger partial charge in [-0.25, -0.2) is 10.0 Å². The number of amides is 1. The number of carbonyl (C=O) groups is 1. The highest BCUT2D eigenvalue weighted by molar-refractivity contribution is 5.90. The second-order valence-electron chi connectivity index (χ2n) is 6.03. The van der Waals surface area contributed by atoms with Crippen LogP contribution in [0.1, 0.15) is 25.8 Å². The molecule has 1 atom stereocenters. The summed E-state index contributed by atoms with van der Waals surface area (Å²) in [5, 5.41) is 3.16. The average Bonchev–Trinajstić information content (AvgIpc) is 2.43. The number of rotatable bonds is 5. The molecule has 0 radical (unpaired) electrons. The maximum Gasteiger partial charge on any atom is 0.395 e. The predicted molar refractivity (Wildman–Crippen MR) is 86.5 cm³/mol. The van der Waals surface area contributed by atoms with Crippen molar-refractivity contribution >= 4 is 11.6 Å². The molecule has 0 bridgehead atoms. The molecule has 1 aliphatic heterocycles. The zero-order valence-corrected chi connectivity index (χ0v) is 14.5. The Morgan fingerprint density at radius 1 is 1.33 bits per heavy atom. The van der Waals surface area contributed by atoms with Gasteiger partial charge in [-0.15, -0.1) is 0 Å². The SMILES string of the molecule is COc1c(OC(C)(F)F)cccc1C1=CC(C)CC(=O)N1N(C)C. The Hall–Kier alpha value is -2.15. The summed E-state index contributed by atoms with van der Waals surface area (Å²) >= 11 is 0. The maximum atomic E-state index is 13.3. The zero-order valence-electron chi connectivity index (χ0n) is 14.5. The number of hydrogen-bond donors (Lipinski definition) is 0. The van der Waals surface area contributed by atoms with Crippen LogP contribution in [0.4, 0.5) is 8.78 Å². The van der Waals surface area contributed by atoms with Gasteiger partial charge in [-0.2, -0.15) is 8.78 Å². The van der Waals surface area contributed by atoms with Gasteiger partial charge in [0.2, 0.25) is 5.91 Å². The molecule has 1 aromatic carbocycles. The summed E-state index contributed by atoms with van der Waals surface area (Å²) in [6.07, 6.45) is -1.03. The van der Waals surface area contributed by atoms with Crippen LogP contribution in [-0.4, -0.2) is 43.2 Å². The summed E-state index contributed by atoms with van der Waals surface area (Å²) in [7, 11) is 4.87. The van der Waals surface area contributed by atoms with Gasteiger partial charge in [0.05, 0.1) is 12.8 Å². The first-order valence-electron chi connectivity index (χ1n) is 7.60. The van der Waals surface area contributed by atoms with Crippen molar-refractivity contribution in [2.24, 2.45) is 5.92 Å². The number of methoxy groups -OCH3 is 1. The van der Waals surface area contributed by atoms with Crippen LogP contribution in [0.15, 0.2) is 24.3 Å². The van der Waals surface area contributed by atoms with Crippen LogP contribution in [0, 0.1) is 5.92 Å². The van der Waals surface area contributed by atoms with Gasteiger partial charge in [-0.05, 0) is 18.1 Å². The molecule has 1 amide bonds. The minimum Gasteiger partial charge on any atom is -0.492 e. The lowest BCUT2D eigenvalue weighted by molar-refractivity contribution is -0.159. The quantitative estimate of drug-likeness (QED) is 0.824. The molecule has 1 aromatic rings. The topological polar surface area (TPSA) is 42.0 Å². The standard InChI is InChI=1S/C17H22F2N2O3/c1-11-9-13(21(20(3)4)15(22)10-11)12-7-6-8-14(16(12)23-5)24-17(2,18)19/h6-9,11H,10H2,1-5H3. The lowest BCUT2D eigenvalue weighted by atomic mass is 9.97. The molecule has 1 heterocycles. The van der Waals surface area contributed by atoms with Crippen LogP contribution in [-0.2, 0) is 4.79 Å². The fourth-order valence-electron chi connectivity index (χ4n) is 2.74. The van der Waals surface area contributed by atoms with Crippen LogP contribution in [0.5, 0.6) is 11.5 Å². The molecule has 24 heavy (non-hydrogen) atoms. The number of hydrazine groups is 1. The van der Waals surface area contributed by atoms with Gasteiger partial charge >= 0.3 is 6.11 Å². The molecule has 7 heteroatoms. The highest BCUT2D eigenvalue weighted by Gasteiger charge is 2.32. The second-order valence-corrected chi connectivity index (χ2v) is 6.03. The largest absolute Gasteiger partial charge is 0.492 e. The number of halogens is 2. The Bertz CT molecular complexity index is 654. The van der Waals surface area contributed by atoms with E-state index in [2.05, 4.69) is 0 Å². The molecule has 1 unspecified atom stereocenters. The molecule has 132 valence electrons. The van der Waals surface area contributed by atoms with E-state index in [9.17, 15) is 13.6 Å². The average molecular weight is 340 g/mol. The van der Waals surface area contributed by atoms with E-state index >= 15 is 0 Å². The predicted octanol–water partition coefficient (Wildman–Crippen LogP) is 3.37. The van der Waals surface area contributed by atoms with Crippen LogP contribution >= 0.6 is 0 Å². The number of nitrogens with zero attached hydrogens (tertiary/aromatic N) is 2. The molecule has 0 spiro atoms. The van der Waals surface area contributed by atoms with Crippen molar-refractivity contribution in [3.63, 3.8) is 0 Å². The van der Waals surface area contributed by atoms with Crippen molar-refractivity contribution in [2.75, 3.05) is 21.2 Å². The van der Waals surface area contributed by atoms with Crippen LogP contribution in [0.3, 0.4) is 0 Å². The van der Waals surface area contributed by atoms with Gasteiger partial charge in [-0.1, -0.05) is 19.1 Å². The highest BCUT2D eigenvalue weighted by Crippen LogP contribution is 2.40. The molecule has 1 aliphatic rings. The molecule has 0 aliphatic carbocycles. The Morgan fingerprint density at radius 2 is 2.00 bits per heavy atom. The molecule has 0 N–H and O–H groups in total. The van der Waals surface area contributed by atoms with Crippen LogP contribution in [0.25, 0.3) is 5.70 Å². The normalized spacial score (nSPS) is 18.7. The smallest absolute Gasteiger partial charge is 0.395 e. The van der Waals surface area contributed by atoms with E-state index in [0.29, 0.717) is 24.6 Å². The monoisotopic (exact) mass is 340 g/mol. The number of alkyl halides is 2. The summed E-state index contributed by atoms with van der Waals surface area (Å²) in [5.74, 6) is 0.0524. The van der Waals surface area contributed by atoms with Crippen molar-refractivity contribution in [1.82, 2.24) is 10.0 Å². The molecule has 0 saturated heterocycles. The van der Waals surface area contributed by atoms with E-state index in [4.69, 9.17) is 9.47 Å². The van der Waals surface area contributed by atoms with Crippen molar-refractivity contribution in [3.05, 3.63) is 29.8 Å². The van der Waals surface area contributed by atoms with Crippen LogP contribution in [0.2, 0.25) is 0 Å². The lowest BCUT2D eigenvalue weighted by Crippen LogP contribution is -2.43. The van der Waals surface area contributed by atoms with Gasteiger partial charge in [0.25, 0.3) is 0 Å². The summed E-state index contributed by atoms with van der Waals surface area (Å²) in [4.78, 5) is 12.4. The van der Waals surface area contributed by atoms with Crippen molar-refractivity contribution < 1.29 is 23.0 Å². The molecule has 0 fully saturated rings. The number of ether oxygens (including phenoxy) is 2. The highest BCUT2D eigenvalue weighted by atomic mass is 19.3. The third kappa shape index (κ3) is 3.84.